The molecule has 3 heterocycles. The first-order valence-electron chi connectivity index (χ1n) is 9.26. The maximum Gasteiger partial charge on any atom is 0.254 e. The van der Waals surface area contributed by atoms with Gasteiger partial charge in [0, 0.05) is 44.7 Å². The number of nitrogens with zero attached hydrogens (tertiary/aromatic N) is 4. The molecule has 3 rings (SSSR count). The normalized spacial score (nSPS) is 15.6. The van der Waals surface area contributed by atoms with Crippen LogP contribution in [0, 0.1) is 6.92 Å². The van der Waals surface area contributed by atoms with Gasteiger partial charge in [0.2, 0.25) is 0 Å². The third kappa shape index (κ3) is 4.24. The van der Waals surface area contributed by atoms with Crippen molar-refractivity contribution in [1.82, 2.24) is 19.9 Å². The summed E-state index contributed by atoms with van der Waals surface area (Å²) in [6.07, 6.45) is 6.86. The van der Waals surface area contributed by atoms with Gasteiger partial charge in [0.05, 0.1) is 5.69 Å². The van der Waals surface area contributed by atoms with Crippen molar-refractivity contribution in [2.75, 3.05) is 25.5 Å². The molecule has 2 aromatic heterocycles. The minimum absolute atomic E-state index is 0.0325. The number of aryl methyl sites for hydroxylation is 1. The van der Waals surface area contributed by atoms with Crippen molar-refractivity contribution >= 4 is 17.5 Å². The molecule has 1 fully saturated rings. The van der Waals surface area contributed by atoms with E-state index in [0.717, 1.165) is 35.7 Å². The van der Waals surface area contributed by atoms with Gasteiger partial charge < -0.3 is 15.0 Å². The largest absolute Gasteiger partial charge is 0.369 e. The summed E-state index contributed by atoms with van der Waals surface area (Å²) in [5.41, 5.74) is 1.19. The Labute approximate surface area is 160 Å². The van der Waals surface area contributed by atoms with Crippen LogP contribution in [0.2, 0.25) is 0 Å². The lowest BCUT2D eigenvalue weighted by Crippen LogP contribution is -2.49. The molecule has 1 amide bonds. The Morgan fingerprint density at radius 2 is 1.81 bits per heavy atom. The molecule has 2 aromatic rings. The lowest BCUT2D eigenvalue weighted by Gasteiger charge is -2.36. The van der Waals surface area contributed by atoms with E-state index in [1.54, 1.807) is 39.5 Å². The highest BCUT2D eigenvalue weighted by Gasteiger charge is 2.35. The van der Waals surface area contributed by atoms with Crippen molar-refractivity contribution in [3.63, 3.8) is 0 Å². The van der Waals surface area contributed by atoms with Gasteiger partial charge in [0.25, 0.3) is 5.91 Å². The molecule has 0 radical (unpaired) electrons. The van der Waals surface area contributed by atoms with Gasteiger partial charge in [0.15, 0.2) is 5.82 Å². The van der Waals surface area contributed by atoms with E-state index in [-0.39, 0.29) is 11.8 Å². The van der Waals surface area contributed by atoms with E-state index in [0.29, 0.717) is 13.1 Å². The maximum atomic E-state index is 12.6. The molecule has 0 spiro atoms. The van der Waals surface area contributed by atoms with E-state index in [1.165, 1.54) is 0 Å². The molecule has 0 unspecified atom stereocenters. The van der Waals surface area contributed by atoms with Gasteiger partial charge in [-0.25, -0.2) is 9.97 Å². The Kier molecular flexibility index (Phi) is 5.70. The van der Waals surface area contributed by atoms with Gasteiger partial charge in [-0.3, -0.25) is 9.78 Å². The molecule has 0 saturated carbocycles. The Balaban J connectivity index is 1.72. The van der Waals surface area contributed by atoms with E-state index < -0.39 is 5.60 Å². The molecule has 7 heteroatoms. The summed E-state index contributed by atoms with van der Waals surface area (Å²) in [7, 11) is 1.57. The quantitative estimate of drug-likeness (QED) is 0.872. The number of nitrogens with one attached hydrogen (secondary N) is 1. The standard InChI is InChI=1S/C20H27N5O2/c1-14-6-5-9-22-17(14)24-18-16(21-10-11-23-18)15-7-12-25(13-8-15)19(26)20(2,3)27-4/h5-6,9-11,15H,7-8,12-13H2,1-4H3,(H,22,23,24). The van der Waals surface area contributed by atoms with E-state index in [4.69, 9.17) is 4.74 Å². The molecule has 27 heavy (non-hydrogen) atoms. The first kappa shape index (κ1) is 19.2. The minimum Gasteiger partial charge on any atom is -0.369 e. The number of ether oxygens (including phenoxy) is 1. The van der Waals surface area contributed by atoms with Gasteiger partial charge in [-0.2, -0.15) is 0 Å². The number of pyridine rings is 1. The number of carbonyl (C=O) groups is 1. The van der Waals surface area contributed by atoms with Crippen molar-refractivity contribution in [3.8, 4) is 0 Å². The highest BCUT2D eigenvalue weighted by atomic mass is 16.5. The van der Waals surface area contributed by atoms with Crippen LogP contribution in [0.1, 0.15) is 43.9 Å². The monoisotopic (exact) mass is 369 g/mol. The van der Waals surface area contributed by atoms with Crippen LogP contribution in [-0.2, 0) is 9.53 Å². The predicted octanol–water partition coefficient (Wildman–Crippen LogP) is 3.05. The van der Waals surface area contributed by atoms with Crippen molar-refractivity contribution in [3.05, 3.63) is 42.0 Å². The maximum absolute atomic E-state index is 12.6. The number of hydrogen-bond acceptors (Lipinski definition) is 6. The molecular formula is C20H27N5O2. The number of anilines is 2. The molecule has 1 aliphatic rings. The van der Waals surface area contributed by atoms with Crippen LogP contribution < -0.4 is 5.32 Å². The molecule has 0 aliphatic carbocycles. The SMILES string of the molecule is COC(C)(C)C(=O)N1CCC(c2nccnc2Nc2ncccc2C)CC1. The molecule has 0 aromatic carbocycles. The van der Waals surface area contributed by atoms with Crippen LogP contribution in [-0.4, -0.2) is 51.6 Å². The number of methoxy groups -OCH3 is 1. The molecule has 0 atom stereocenters. The first-order chi connectivity index (χ1) is 12.9. The van der Waals surface area contributed by atoms with E-state index >= 15 is 0 Å². The second-order valence-corrected chi connectivity index (χ2v) is 7.37. The highest BCUT2D eigenvalue weighted by Crippen LogP contribution is 2.32. The number of likely N-dealkylation sites (tertiary alicyclic amines) is 1. The van der Waals surface area contributed by atoms with Crippen LogP contribution in [0.15, 0.2) is 30.7 Å². The zero-order valence-electron chi connectivity index (χ0n) is 16.4. The Bertz CT molecular complexity index is 800. The lowest BCUT2D eigenvalue weighted by atomic mass is 9.92. The average molecular weight is 369 g/mol. The zero-order valence-corrected chi connectivity index (χ0v) is 16.4. The fourth-order valence-corrected chi connectivity index (χ4v) is 3.30. The summed E-state index contributed by atoms with van der Waals surface area (Å²) in [6.45, 7) is 7.00. The number of aromatic nitrogens is 3. The number of rotatable bonds is 5. The highest BCUT2D eigenvalue weighted by molar-refractivity contribution is 5.84. The summed E-state index contributed by atoms with van der Waals surface area (Å²) >= 11 is 0. The molecule has 1 N–H and O–H groups in total. The summed E-state index contributed by atoms with van der Waals surface area (Å²) in [4.78, 5) is 27.9. The number of carbonyl (C=O) groups excluding carboxylic acids is 1. The number of piperidine rings is 1. The van der Waals surface area contributed by atoms with Gasteiger partial charge >= 0.3 is 0 Å². The summed E-state index contributed by atoms with van der Waals surface area (Å²) in [6, 6.07) is 3.92. The molecule has 7 nitrogen and oxygen atoms in total. The van der Waals surface area contributed by atoms with Crippen molar-refractivity contribution in [2.45, 2.75) is 45.1 Å². The Morgan fingerprint density at radius 1 is 1.15 bits per heavy atom. The topological polar surface area (TPSA) is 80.2 Å². The van der Waals surface area contributed by atoms with E-state index in [9.17, 15) is 4.79 Å². The molecule has 1 aliphatic heterocycles. The van der Waals surface area contributed by atoms with Crippen LogP contribution in [0.4, 0.5) is 11.6 Å². The molecule has 144 valence electrons. The van der Waals surface area contributed by atoms with Gasteiger partial charge in [-0.05, 0) is 45.2 Å². The van der Waals surface area contributed by atoms with Crippen LogP contribution in [0.25, 0.3) is 0 Å². The third-order valence-corrected chi connectivity index (χ3v) is 5.17. The minimum atomic E-state index is -0.789. The van der Waals surface area contributed by atoms with Crippen molar-refractivity contribution in [2.24, 2.45) is 0 Å². The van der Waals surface area contributed by atoms with Gasteiger partial charge in [0.1, 0.15) is 11.4 Å². The summed E-state index contributed by atoms with van der Waals surface area (Å²) in [5, 5.41) is 3.32. The smallest absolute Gasteiger partial charge is 0.254 e. The second kappa shape index (κ2) is 8.00. The fourth-order valence-electron chi connectivity index (χ4n) is 3.30. The summed E-state index contributed by atoms with van der Waals surface area (Å²) in [5.74, 6) is 1.81. The second-order valence-electron chi connectivity index (χ2n) is 7.37. The summed E-state index contributed by atoms with van der Waals surface area (Å²) < 4.78 is 5.33. The van der Waals surface area contributed by atoms with Gasteiger partial charge in [-0.1, -0.05) is 6.07 Å². The Hall–Kier alpha value is -2.54. The third-order valence-electron chi connectivity index (χ3n) is 5.17. The van der Waals surface area contributed by atoms with E-state index in [2.05, 4.69) is 20.3 Å². The Morgan fingerprint density at radius 3 is 2.48 bits per heavy atom. The van der Waals surface area contributed by atoms with Crippen LogP contribution in [0.5, 0.6) is 0 Å². The first-order valence-corrected chi connectivity index (χ1v) is 9.26. The van der Waals surface area contributed by atoms with Crippen molar-refractivity contribution in [1.29, 1.82) is 0 Å². The molecule has 0 bridgehead atoms. The van der Waals surface area contributed by atoms with E-state index in [1.807, 2.05) is 24.0 Å². The van der Waals surface area contributed by atoms with Crippen LogP contribution >= 0.6 is 0 Å². The number of hydrogen-bond donors (Lipinski definition) is 1. The van der Waals surface area contributed by atoms with Crippen molar-refractivity contribution < 1.29 is 9.53 Å². The molecular weight excluding hydrogens is 342 g/mol. The fraction of sp³-hybridized carbons (Fsp3) is 0.500. The van der Waals surface area contributed by atoms with Crippen LogP contribution in [0.3, 0.4) is 0 Å². The van der Waals surface area contributed by atoms with Gasteiger partial charge in [-0.15, -0.1) is 0 Å². The lowest BCUT2D eigenvalue weighted by molar-refractivity contribution is -0.152. The predicted molar refractivity (Wildman–Crippen MR) is 104 cm³/mol. The number of amides is 1. The zero-order chi connectivity index (χ0) is 19.4. The molecule has 1 saturated heterocycles. The average Bonchev–Trinajstić information content (AvgIpc) is 2.70.